The van der Waals surface area contributed by atoms with Gasteiger partial charge in [-0.1, -0.05) is 6.07 Å². The molecule has 0 N–H and O–H groups in total. The minimum absolute atomic E-state index is 0.278. The van der Waals surface area contributed by atoms with Crippen LogP contribution in [0.5, 0.6) is 0 Å². The normalized spacial score (nSPS) is 8.42. The summed E-state index contributed by atoms with van der Waals surface area (Å²) in [5, 5.41) is 17.7. The zero-order chi connectivity index (χ0) is 9.14. The zero-order valence-electron chi connectivity index (χ0n) is 6.20. The van der Waals surface area contributed by atoms with Crippen LogP contribution in [0.4, 0.5) is 0 Å². The summed E-state index contributed by atoms with van der Waals surface area (Å²) in [7, 11) is 0. The number of benzene rings is 1. The van der Waals surface area contributed by atoms with E-state index in [1.165, 1.54) is 12.1 Å². The van der Waals surface area contributed by atoms with E-state index in [-0.39, 0.29) is 11.1 Å². The molecule has 0 spiro atoms. The van der Waals surface area contributed by atoms with Crippen LogP contribution in [0.2, 0.25) is 0 Å². The van der Waals surface area contributed by atoms with Crippen molar-refractivity contribution in [2.45, 2.75) is 0 Å². The summed E-state index contributed by atoms with van der Waals surface area (Å²) in [6.07, 6.45) is 0. The van der Waals surface area contributed by atoms with Gasteiger partial charge in [-0.25, -0.2) is 11.8 Å². The van der Waals surface area contributed by atoms with Crippen molar-refractivity contribution in [3.8, 4) is 12.1 Å². The van der Waals surface area contributed by atoms with E-state index in [9.17, 15) is 0 Å². The van der Waals surface area contributed by atoms with Gasteiger partial charge in [-0.05, 0) is 10.8 Å². The van der Waals surface area contributed by atoms with Crippen molar-refractivity contribution < 1.29 is 0 Å². The molecule has 12 heavy (non-hydrogen) atoms. The maximum Gasteiger partial charge on any atom is 0.0982 e. The van der Waals surface area contributed by atoms with Gasteiger partial charge in [0, 0.05) is 11.6 Å². The molecule has 0 amide bonds. The maximum absolute atomic E-state index is 8.55. The van der Waals surface area contributed by atoms with Crippen molar-refractivity contribution in [2.24, 2.45) is 0 Å². The molecule has 1 rings (SSSR count). The molecule has 0 fully saturated rings. The average Bonchev–Trinajstić information content (AvgIpc) is 2.05. The van der Waals surface area contributed by atoms with Gasteiger partial charge in [0.25, 0.3) is 0 Å². The molecule has 54 valence electrons. The Kier molecular flexibility index (Phi) is 1.88. The molecule has 0 unspecified atom stereocenters. The summed E-state index contributed by atoms with van der Waals surface area (Å²) < 4.78 is 0. The van der Waals surface area contributed by atoms with Crippen LogP contribution in [0.15, 0.2) is 12.1 Å². The Morgan fingerprint density at radius 2 is 2.25 bits per heavy atom. The van der Waals surface area contributed by atoms with Crippen molar-refractivity contribution in [2.75, 3.05) is 0 Å². The summed E-state index contributed by atoms with van der Waals surface area (Å²) in [5.41, 5.74) is 0.557. The molecule has 1 aromatic rings. The molecule has 0 aliphatic rings. The minimum atomic E-state index is 0.278. The molecule has 0 radical (unpaired) electrons. The third kappa shape index (κ3) is 1.16. The summed E-state index contributed by atoms with van der Waals surface area (Å²) >= 11 is 0. The Balaban J connectivity index is 3.65. The molecule has 0 saturated carbocycles. The van der Waals surface area contributed by atoms with Crippen molar-refractivity contribution in [1.29, 1.82) is 10.5 Å². The highest BCUT2D eigenvalue weighted by molar-refractivity contribution is 5.42. The van der Waals surface area contributed by atoms with Gasteiger partial charge in [-0.15, -0.1) is 6.07 Å². The first-order valence-electron chi connectivity index (χ1n) is 3.18. The smallest absolute Gasteiger partial charge is 0.0982 e. The molecule has 0 atom stereocenters. The Morgan fingerprint density at radius 3 is 2.75 bits per heavy atom. The second-order valence-electron chi connectivity index (χ2n) is 2.25. The maximum atomic E-state index is 8.55. The van der Waals surface area contributed by atoms with Crippen LogP contribution in [-0.4, -0.2) is 0 Å². The molecule has 0 heterocycles. The number of hydrogen-bond acceptors (Lipinski definition) is 2. The van der Waals surface area contributed by atoms with E-state index >= 15 is 0 Å². The van der Waals surface area contributed by atoms with E-state index < -0.39 is 0 Å². The fourth-order valence-corrected chi connectivity index (χ4v) is 0.828. The van der Waals surface area contributed by atoms with E-state index in [0.29, 0.717) is 10.4 Å². The van der Waals surface area contributed by atoms with Gasteiger partial charge in [0.15, 0.2) is 0 Å². The Hall–Kier alpha value is -2.15. The lowest BCUT2D eigenvalue weighted by Gasteiger charge is -1.99. The zero-order valence-corrected chi connectivity index (χ0v) is 6.20. The fraction of sp³-hybridized carbons (Fsp3) is 0. The third-order valence-corrected chi connectivity index (χ3v) is 1.46. The third-order valence-electron chi connectivity index (χ3n) is 1.46. The van der Waals surface area contributed by atoms with Crippen molar-refractivity contribution in [3.63, 3.8) is 0 Å². The fourth-order valence-electron chi connectivity index (χ4n) is 0.828. The average molecular weight is 152 g/mol. The highest BCUT2D eigenvalue weighted by Crippen LogP contribution is 1.90. The Labute approximate surface area is 70.3 Å². The molecule has 2 heteroatoms. The van der Waals surface area contributed by atoms with Gasteiger partial charge in [0.05, 0.1) is 6.07 Å². The number of rotatable bonds is 0. The first kappa shape index (κ1) is 7.95. The van der Waals surface area contributed by atoms with E-state index in [2.05, 4.69) is 0 Å². The van der Waals surface area contributed by atoms with Crippen LogP contribution in [0, 0.1) is 22.7 Å². The predicted octanol–water partition coefficient (Wildman–Crippen LogP) is 0.00456. The summed E-state index contributed by atoms with van der Waals surface area (Å²) in [6, 6.07) is 6.52. The number of hydrogen-bond donors (Lipinski definition) is 0. The van der Waals surface area contributed by atoms with Gasteiger partial charge >= 0.3 is 0 Å². The predicted molar refractivity (Wildman–Crippen MR) is 44.1 cm³/mol. The first-order chi connectivity index (χ1) is 5.69. The van der Waals surface area contributed by atoms with Crippen LogP contribution < -0.4 is 10.4 Å². The van der Waals surface area contributed by atoms with Crippen molar-refractivity contribution in [3.05, 3.63) is 33.7 Å². The monoisotopic (exact) mass is 152 g/mol. The second kappa shape index (κ2) is 2.84. The molecule has 0 bridgehead atoms. The number of nitrogens with zero attached hydrogens (tertiary/aromatic N) is 2. The van der Waals surface area contributed by atoms with Gasteiger partial charge in [-0.2, -0.15) is 17.1 Å². The summed E-state index contributed by atoms with van der Waals surface area (Å²) in [5.74, 6) is 0. The number of nitriles is 2. The lowest BCUT2D eigenvalue weighted by Crippen LogP contribution is -2.15. The van der Waals surface area contributed by atoms with Crippen LogP contribution >= 0.6 is 0 Å². The van der Waals surface area contributed by atoms with Gasteiger partial charge in [0.2, 0.25) is 0 Å². The molecular formula is C10H4N2. The first-order valence-corrected chi connectivity index (χ1v) is 3.18. The van der Waals surface area contributed by atoms with E-state index in [4.69, 9.17) is 23.7 Å². The van der Waals surface area contributed by atoms with E-state index in [1.54, 1.807) is 0 Å². The highest BCUT2D eigenvalue weighted by atomic mass is 14.3. The van der Waals surface area contributed by atoms with Crippen LogP contribution in [0.1, 0.15) is 11.1 Å². The quantitative estimate of drug-likeness (QED) is 0.491. The largest absolute Gasteiger partial charge is 0.218 e. The molecule has 0 aliphatic heterocycles. The molecule has 0 aliphatic carbocycles. The summed E-state index contributed by atoms with van der Waals surface area (Å²) in [4.78, 5) is 0. The lowest BCUT2D eigenvalue weighted by molar-refractivity contribution is 1.40. The van der Waals surface area contributed by atoms with Gasteiger partial charge in [-0.3, -0.25) is 0 Å². The Morgan fingerprint density at radius 1 is 1.58 bits per heavy atom. The van der Waals surface area contributed by atoms with E-state index in [0.717, 1.165) is 0 Å². The van der Waals surface area contributed by atoms with Gasteiger partial charge in [0.1, 0.15) is 0 Å². The van der Waals surface area contributed by atoms with Crippen LogP contribution in [0.25, 0.3) is 13.2 Å². The summed E-state index contributed by atoms with van der Waals surface area (Å²) in [6.45, 7) is 10.9. The standard InChI is InChI=1S/C10H4N2/c1-7-3-8(2)10(6-12)4-9(7)5-11/h1-4H. The molecule has 0 aromatic heterocycles. The lowest BCUT2D eigenvalue weighted by atomic mass is 10.1. The van der Waals surface area contributed by atoms with Crippen molar-refractivity contribution >= 4 is 13.2 Å². The molecule has 0 saturated heterocycles. The highest BCUT2D eigenvalue weighted by Gasteiger charge is 1.90. The molecular weight excluding hydrogens is 148 g/mol. The molecule has 1 aromatic carbocycles. The molecule has 2 nitrogen and oxygen atoms in total. The van der Waals surface area contributed by atoms with Crippen LogP contribution in [0.3, 0.4) is 0 Å². The minimum Gasteiger partial charge on any atom is -0.218 e. The van der Waals surface area contributed by atoms with E-state index in [1.807, 2.05) is 12.1 Å². The SMILES string of the molecule is [CH+]=c1[cH-]c(=[CH-])[c+](C#N)cc1C#N. The topological polar surface area (TPSA) is 47.6 Å². The van der Waals surface area contributed by atoms with Gasteiger partial charge < -0.3 is 0 Å². The van der Waals surface area contributed by atoms with Crippen molar-refractivity contribution in [1.82, 2.24) is 0 Å². The second-order valence-corrected chi connectivity index (χ2v) is 2.25. The Bertz CT molecular complexity index is 443. The van der Waals surface area contributed by atoms with Crippen LogP contribution in [-0.2, 0) is 0 Å².